The van der Waals surface area contributed by atoms with Crippen LogP contribution in [0.1, 0.15) is 17.2 Å². The first-order valence-electron chi connectivity index (χ1n) is 8.60. The van der Waals surface area contributed by atoms with Crippen molar-refractivity contribution in [2.24, 2.45) is 7.05 Å². The van der Waals surface area contributed by atoms with Crippen molar-refractivity contribution >= 4 is 0 Å². The standard InChI is InChI=1S/C20H22N4O/c1-23-14-19(12-22-23)20-15-24(8-9-25-20)13-16-4-2-5-17(10-16)18-6-3-7-21-11-18/h2-7,10-12,14,20H,8-9,13,15H2,1H3. The monoisotopic (exact) mass is 334 g/mol. The van der Waals surface area contributed by atoms with Crippen LogP contribution in [0.2, 0.25) is 0 Å². The molecule has 128 valence electrons. The average Bonchev–Trinajstić information content (AvgIpc) is 3.09. The van der Waals surface area contributed by atoms with Gasteiger partial charge < -0.3 is 4.74 Å². The minimum Gasteiger partial charge on any atom is -0.371 e. The van der Waals surface area contributed by atoms with Gasteiger partial charge in [-0.2, -0.15) is 5.10 Å². The van der Waals surface area contributed by atoms with Crippen LogP contribution >= 0.6 is 0 Å². The number of nitrogens with zero attached hydrogens (tertiary/aromatic N) is 4. The molecule has 2 aromatic heterocycles. The molecule has 0 radical (unpaired) electrons. The van der Waals surface area contributed by atoms with Gasteiger partial charge in [0.1, 0.15) is 0 Å². The second-order valence-electron chi connectivity index (χ2n) is 6.48. The van der Waals surface area contributed by atoms with E-state index in [4.69, 9.17) is 4.74 Å². The Morgan fingerprint density at radius 1 is 1.16 bits per heavy atom. The Hall–Kier alpha value is -2.50. The molecule has 1 saturated heterocycles. The molecule has 1 aromatic carbocycles. The van der Waals surface area contributed by atoms with Crippen molar-refractivity contribution in [2.75, 3.05) is 19.7 Å². The number of benzene rings is 1. The molecule has 1 fully saturated rings. The van der Waals surface area contributed by atoms with Gasteiger partial charge in [0.05, 0.1) is 18.9 Å². The molecule has 1 atom stereocenters. The molecule has 0 N–H and O–H groups in total. The van der Waals surface area contributed by atoms with E-state index in [2.05, 4.69) is 45.3 Å². The number of hydrogen-bond donors (Lipinski definition) is 0. The van der Waals surface area contributed by atoms with Crippen LogP contribution in [-0.4, -0.2) is 39.4 Å². The molecule has 3 aromatic rings. The molecule has 3 heterocycles. The summed E-state index contributed by atoms with van der Waals surface area (Å²) in [7, 11) is 1.94. The minimum atomic E-state index is 0.101. The van der Waals surface area contributed by atoms with Crippen molar-refractivity contribution < 1.29 is 4.74 Å². The zero-order valence-electron chi connectivity index (χ0n) is 14.4. The van der Waals surface area contributed by atoms with Gasteiger partial charge in [0.2, 0.25) is 0 Å². The summed E-state index contributed by atoms with van der Waals surface area (Å²) in [5.74, 6) is 0. The van der Waals surface area contributed by atoms with Crippen molar-refractivity contribution in [3.63, 3.8) is 0 Å². The van der Waals surface area contributed by atoms with Crippen LogP contribution in [0.25, 0.3) is 11.1 Å². The van der Waals surface area contributed by atoms with Gasteiger partial charge in [-0.1, -0.05) is 24.3 Å². The molecule has 0 bridgehead atoms. The molecule has 0 saturated carbocycles. The number of ether oxygens (including phenoxy) is 1. The van der Waals surface area contributed by atoms with Gasteiger partial charge in [-0.15, -0.1) is 0 Å². The molecule has 5 heteroatoms. The maximum atomic E-state index is 5.94. The topological polar surface area (TPSA) is 43.2 Å². The molecular formula is C20H22N4O. The second kappa shape index (κ2) is 7.17. The van der Waals surface area contributed by atoms with Crippen molar-refractivity contribution in [1.29, 1.82) is 0 Å². The summed E-state index contributed by atoms with van der Waals surface area (Å²) in [5.41, 5.74) is 4.83. The van der Waals surface area contributed by atoms with Gasteiger partial charge in [0.15, 0.2) is 0 Å². The van der Waals surface area contributed by atoms with Crippen LogP contribution in [0.3, 0.4) is 0 Å². The van der Waals surface area contributed by atoms with Crippen LogP contribution in [0, 0.1) is 0 Å². The first-order chi connectivity index (χ1) is 12.3. The second-order valence-corrected chi connectivity index (χ2v) is 6.48. The van der Waals surface area contributed by atoms with E-state index in [9.17, 15) is 0 Å². The smallest absolute Gasteiger partial charge is 0.0982 e. The third-order valence-electron chi connectivity index (χ3n) is 4.58. The van der Waals surface area contributed by atoms with Crippen LogP contribution < -0.4 is 0 Å². The fourth-order valence-corrected chi connectivity index (χ4v) is 3.30. The molecule has 4 rings (SSSR count). The highest BCUT2D eigenvalue weighted by Gasteiger charge is 2.23. The molecule has 1 aliphatic heterocycles. The third-order valence-corrected chi connectivity index (χ3v) is 4.58. The minimum absolute atomic E-state index is 0.101. The van der Waals surface area contributed by atoms with Gasteiger partial charge in [0, 0.05) is 50.8 Å². The fourth-order valence-electron chi connectivity index (χ4n) is 3.30. The fraction of sp³-hybridized carbons (Fsp3) is 0.300. The highest BCUT2D eigenvalue weighted by Crippen LogP contribution is 2.24. The van der Waals surface area contributed by atoms with E-state index in [1.54, 1.807) is 6.20 Å². The highest BCUT2D eigenvalue weighted by molar-refractivity contribution is 5.62. The lowest BCUT2D eigenvalue weighted by molar-refractivity contribution is -0.0329. The lowest BCUT2D eigenvalue weighted by atomic mass is 10.0. The molecule has 1 unspecified atom stereocenters. The Labute approximate surface area is 147 Å². The van der Waals surface area contributed by atoms with Crippen molar-refractivity contribution in [1.82, 2.24) is 19.7 Å². The van der Waals surface area contributed by atoms with Crippen molar-refractivity contribution in [3.05, 3.63) is 72.3 Å². The molecule has 5 nitrogen and oxygen atoms in total. The summed E-state index contributed by atoms with van der Waals surface area (Å²) >= 11 is 0. The summed E-state index contributed by atoms with van der Waals surface area (Å²) in [6.07, 6.45) is 7.75. The third kappa shape index (κ3) is 3.78. The maximum Gasteiger partial charge on any atom is 0.0982 e. The van der Waals surface area contributed by atoms with Gasteiger partial charge in [0.25, 0.3) is 0 Å². The Morgan fingerprint density at radius 3 is 2.88 bits per heavy atom. The van der Waals surface area contributed by atoms with E-state index in [0.717, 1.165) is 37.4 Å². The van der Waals surface area contributed by atoms with E-state index in [0.29, 0.717) is 0 Å². The summed E-state index contributed by atoms with van der Waals surface area (Å²) in [5, 5.41) is 4.26. The lowest BCUT2D eigenvalue weighted by Crippen LogP contribution is -2.37. The molecule has 0 spiro atoms. The number of morpholine rings is 1. The summed E-state index contributed by atoms with van der Waals surface area (Å²) < 4.78 is 7.76. The van der Waals surface area contributed by atoms with E-state index in [1.807, 2.05) is 36.4 Å². The Kier molecular flexibility index (Phi) is 4.59. The largest absolute Gasteiger partial charge is 0.371 e. The van der Waals surface area contributed by atoms with E-state index < -0.39 is 0 Å². The van der Waals surface area contributed by atoms with Crippen molar-refractivity contribution in [2.45, 2.75) is 12.6 Å². The number of hydrogen-bond acceptors (Lipinski definition) is 4. The first kappa shape index (κ1) is 16.0. The van der Waals surface area contributed by atoms with Gasteiger partial charge in [-0.3, -0.25) is 14.6 Å². The van der Waals surface area contributed by atoms with Crippen molar-refractivity contribution in [3.8, 4) is 11.1 Å². The highest BCUT2D eigenvalue weighted by atomic mass is 16.5. The first-order valence-corrected chi connectivity index (χ1v) is 8.60. The number of aromatic nitrogens is 3. The number of pyridine rings is 1. The Balaban J connectivity index is 1.47. The van der Waals surface area contributed by atoms with E-state index in [-0.39, 0.29) is 6.10 Å². The van der Waals surface area contributed by atoms with Crippen LogP contribution in [0.4, 0.5) is 0 Å². The lowest BCUT2D eigenvalue weighted by Gasteiger charge is -2.32. The summed E-state index contributed by atoms with van der Waals surface area (Å²) in [6, 6.07) is 12.8. The Bertz CT molecular complexity index is 830. The number of rotatable bonds is 4. The SMILES string of the molecule is Cn1cc(C2CN(Cc3cccc(-c4cccnc4)c3)CCO2)cn1. The molecular weight excluding hydrogens is 312 g/mol. The molecule has 0 amide bonds. The molecule has 0 aliphatic carbocycles. The predicted molar refractivity (Wildman–Crippen MR) is 96.9 cm³/mol. The zero-order chi connectivity index (χ0) is 17.1. The van der Waals surface area contributed by atoms with Gasteiger partial charge in [-0.05, 0) is 28.8 Å². The normalized spacial score (nSPS) is 18.4. The quantitative estimate of drug-likeness (QED) is 0.735. The van der Waals surface area contributed by atoms with Crippen LogP contribution in [0.15, 0.2) is 61.2 Å². The van der Waals surface area contributed by atoms with Gasteiger partial charge in [-0.25, -0.2) is 0 Å². The maximum absolute atomic E-state index is 5.94. The summed E-state index contributed by atoms with van der Waals surface area (Å²) in [4.78, 5) is 6.66. The van der Waals surface area contributed by atoms with Crippen LogP contribution in [-0.2, 0) is 18.3 Å². The van der Waals surface area contributed by atoms with Crippen LogP contribution in [0.5, 0.6) is 0 Å². The Morgan fingerprint density at radius 2 is 2.08 bits per heavy atom. The van der Waals surface area contributed by atoms with E-state index in [1.165, 1.54) is 11.1 Å². The van der Waals surface area contributed by atoms with Gasteiger partial charge >= 0.3 is 0 Å². The molecule has 25 heavy (non-hydrogen) atoms. The predicted octanol–water partition coefficient (Wildman–Crippen LogP) is 3.06. The van der Waals surface area contributed by atoms with E-state index >= 15 is 0 Å². The summed E-state index contributed by atoms with van der Waals surface area (Å²) in [6.45, 7) is 3.52. The average molecular weight is 334 g/mol. The number of aryl methyl sites for hydroxylation is 1. The molecule has 1 aliphatic rings. The zero-order valence-corrected chi connectivity index (χ0v) is 14.4.